The molecule has 1 aromatic carbocycles. The molecule has 0 saturated carbocycles. The van der Waals surface area contributed by atoms with E-state index < -0.39 is 0 Å². The predicted molar refractivity (Wildman–Crippen MR) is 87.9 cm³/mol. The summed E-state index contributed by atoms with van der Waals surface area (Å²) in [5, 5.41) is 13.0. The second-order valence-electron chi connectivity index (χ2n) is 5.80. The molecule has 0 bridgehead atoms. The quantitative estimate of drug-likeness (QED) is 0.863. The lowest BCUT2D eigenvalue weighted by molar-refractivity contribution is -0.136. The molecule has 1 amide bonds. The van der Waals surface area contributed by atoms with Crippen LogP contribution in [0.3, 0.4) is 0 Å². The molecule has 1 aliphatic rings. The molecule has 1 saturated heterocycles. The summed E-state index contributed by atoms with van der Waals surface area (Å²) < 4.78 is 0. The summed E-state index contributed by atoms with van der Waals surface area (Å²) in [7, 11) is 0. The van der Waals surface area contributed by atoms with E-state index in [1.165, 1.54) is 11.2 Å². The van der Waals surface area contributed by atoms with Gasteiger partial charge >= 0.3 is 0 Å². The lowest BCUT2D eigenvalue weighted by Gasteiger charge is -2.35. The van der Waals surface area contributed by atoms with Crippen molar-refractivity contribution in [2.45, 2.75) is 45.2 Å². The molecule has 1 atom stereocenters. The Bertz CT molecular complexity index is 669. The third-order valence-electron chi connectivity index (χ3n) is 4.25. The Balaban J connectivity index is 1.68. The van der Waals surface area contributed by atoms with Crippen LogP contribution in [0.5, 0.6) is 0 Å². The van der Waals surface area contributed by atoms with Gasteiger partial charge in [-0.3, -0.25) is 4.79 Å². The van der Waals surface area contributed by atoms with Crippen molar-refractivity contribution < 1.29 is 4.79 Å². The van der Waals surface area contributed by atoms with Gasteiger partial charge in [0.1, 0.15) is 6.54 Å². The molecule has 2 heterocycles. The number of amides is 1. The Hall–Kier alpha value is -1.95. The molecular formula is C16H20ClN5O. The summed E-state index contributed by atoms with van der Waals surface area (Å²) in [4.78, 5) is 15.8. The fourth-order valence-electron chi connectivity index (χ4n) is 2.99. The third-order valence-corrected chi connectivity index (χ3v) is 4.50. The number of halogens is 1. The standard InChI is InChI=1S/C16H20ClN5O/c1-2-14-5-3-4-10-21(14)15(23)11-22-19-16(18-20-22)12-6-8-13(17)9-7-12/h6-9,14H,2-5,10-11H2,1H3. The number of tetrazole rings is 1. The topological polar surface area (TPSA) is 63.9 Å². The van der Waals surface area contributed by atoms with Gasteiger partial charge in [0.25, 0.3) is 0 Å². The van der Waals surface area contributed by atoms with Crippen molar-refractivity contribution in [3.63, 3.8) is 0 Å². The molecule has 6 nitrogen and oxygen atoms in total. The van der Waals surface area contributed by atoms with Gasteiger partial charge in [0, 0.05) is 23.2 Å². The van der Waals surface area contributed by atoms with Gasteiger partial charge in [0.05, 0.1) is 0 Å². The van der Waals surface area contributed by atoms with Gasteiger partial charge in [-0.1, -0.05) is 18.5 Å². The maximum absolute atomic E-state index is 12.5. The first-order chi connectivity index (χ1) is 11.2. The number of piperidine rings is 1. The lowest BCUT2D eigenvalue weighted by atomic mass is 10.00. The summed E-state index contributed by atoms with van der Waals surface area (Å²) in [6.07, 6.45) is 4.35. The number of hydrogen-bond acceptors (Lipinski definition) is 4. The zero-order chi connectivity index (χ0) is 16.2. The first kappa shape index (κ1) is 15.9. The van der Waals surface area contributed by atoms with E-state index in [1.54, 1.807) is 12.1 Å². The first-order valence-electron chi connectivity index (χ1n) is 8.00. The highest BCUT2D eigenvalue weighted by molar-refractivity contribution is 6.30. The smallest absolute Gasteiger partial charge is 0.246 e. The minimum atomic E-state index is 0.0663. The van der Waals surface area contributed by atoms with Crippen LogP contribution in [0.25, 0.3) is 11.4 Å². The summed E-state index contributed by atoms with van der Waals surface area (Å²) >= 11 is 5.87. The highest BCUT2D eigenvalue weighted by atomic mass is 35.5. The predicted octanol–water partition coefficient (Wildman–Crippen LogP) is 2.78. The fraction of sp³-hybridized carbons (Fsp3) is 0.500. The third kappa shape index (κ3) is 3.69. The zero-order valence-electron chi connectivity index (χ0n) is 13.2. The molecule has 23 heavy (non-hydrogen) atoms. The van der Waals surface area contributed by atoms with Gasteiger partial charge in [0.2, 0.25) is 11.7 Å². The molecule has 0 N–H and O–H groups in total. The molecule has 1 fully saturated rings. The van der Waals surface area contributed by atoms with Gasteiger partial charge in [-0.15, -0.1) is 10.2 Å². The molecule has 1 aliphatic heterocycles. The number of nitrogens with zero attached hydrogens (tertiary/aromatic N) is 5. The summed E-state index contributed by atoms with van der Waals surface area (Å²) in [5.74, 6) is 0.566. The van der Waals surface area contributed by atoms with Gasteiger partial charge < -0.3 is 4.90 Å². The van der Waals surface area contributed by atoms with Crippen LogP contribution in [-0.2, 0) is 11.3 Å². The van der Waals surface area contributed by atoms with E-state index in [2.05, 4.69) is 22.3 Å². The number of likely N-dealkylation sites (tertiary alicyclic amines) is 1. The molecule has 122 valence electrons. The molecule has 0 radical (unpaired) electrons. The van der Waals surface area contributed by atoms with Crippen LogP contribution in [0.4, 0.5) is 0 Å². The van der Waals surface area contributed by atoms with Crippen LogP contribution in [0.15, 0.2) is 24.3 Å². The number of aromatic nitrogens is 4. The maximum atomic E-state index is 12.5. The van der Waals surface area contributed by atoms with E-state index in [-0.39, 0.29) is 12.5 Å². The first-order valence-corrected chi connectivity index (χ1v) is 8.38. The molecule has 1 unspecified atom stereocenters. The zero-order valence-corrected chi connectivity index (χ0v) is 13.9. The van der Waals surface area contributed by atoms with E-state index in [1.807, 2.05) is 17.0 Å². The maximum Gasteiger partial charge on any atom is 0.246 e. The van der Waals surface area contributed by atoms with Crippen LogP contribution in [0.2, 0.25) is 5.02 Å². The van der Waals surface area contributed by atoms with Crippen LogP contribution in [0.1, 0.15) is 32.6 Å². The normalized spacial score (nSPS) is 18.2. The number of hydrogen-bond donors (Lipinski definition) is 0. The van der Waals surface area contributed by atoms with Gasteiger partial charge in [0.15, 0.2) is 0 Å². The summed E-state index contributed by atoms with van der Waals surface area (Å²) in [6.45, 7) is 3.09. The van der Waals surface area contributed by atoms with E-state index >= 15 is 0 Å². The Morgan fingerprint density at radius 3 is 2.83 bits per heavy atom. The largest absolute Gasteiger partial charge is 0.338 e. The second-order valence-corrected chi connectivity index (χ2v) is 6.23. The highest BCUT2D eigenvalue weighted by Gasteiger charge is 2.25. The van der Waals surface area contributed by atoms with Crippen LogP contribution in [0, 0.1) is 0 Å². The fourth-order valence-corrected chi connectivity index (χ4v) is 3.12. The summed E-state index contributed by atoms with van der Waals surface area (Å²) in [5.41, 5.74) is 0.831. The molecule has 7 heteroatoms. The van der Waals surface area contributed by atoms with Crippen molar-refractivity contribution in [3.8, 4) is 11.4 Å². The molecule has 1 aromatic heterocycles. The average Bonchev–Trinajstić information content (AvgIpc) is 3.04. The monoisotopic (exact) mass is 333 g/mol. The summed E-state index contributed by atoms with van der Waals surface area (Å²) in [6, 6.07) is 7.58. The number of benzene rings is 1. The Kier molecular flexibility index (Phi) is 4.91. The molecular weight excluding hydrogens is 314 g/mol. The van der Waals surface area contributed by atoms with E-state index in [0.717, 1.165) is 31.4 Å². The van der Waals surface area contributed by atoms with Crippen LogP contribution >= 0.6 is 11.6 Å². The van der Waals surface area contributed by atoms with Crippen molar-refractivity contribution in [2.24, 2.45) is 0 Å². The van der Waals surface area contributed by atoms with Crippen LogP contribution in [-0.4, -0.2) is 43.6 Å². The lowest BCUT2D eigenvalue weighted by Crippen LogP contribution is -2.45. The van der Waals surface area contributed by atoms with Gasteiger partial charge in [-0.25, -0.2) is 0 Å². The highest BCUT2D eigenvalue weighted by Crippen LogP contribution is 2.20. The molecule has 3 rings (SSSR count). The minimum absolute atomic E-state index is 0.0663. The van der Waals surface area contributed by atoms with Crippen molar-refractivity contribution in [3.05, 3.63) is 29.3 Å². The van der Waals surface area contributed by atoms with E-state index in [4.69, 9.17) is 11.6 Å². The number of carbonyl (C=O) groups excluding carboxylic acids is 1. The van der Waals surface area contributed by atoms with Gasteiger partial charge in [-0.2, -0.15) is 4.80 Å². The van der Waals surface area contributed by atoms with Crippen molar-refractivity contribution in [1.82, 2.24) is 25.1 Å². The Morgan fingerprint density at radius 1 is 1.30 bits per heavy atom. The van der Waals surface area contributed by atoms with Crippen LogP contribution < -0.4 is 0 Å². The SMILES string of the molecule is CCC1CCCCN1C(=O)Cn1nnc(-c2ccc(Cl)cc2)n1. The average molecular weight is 334 g/mol. The molecule has 2 aromatic rings. The second kappa shape index (κ2) is 7.08. The van der Waals surface area contributed by atoms with Crippen molar-refractivity contribution in [2.75, 3.05) is 6.54 Å². The van der Waals surface area contributed by atoms with E-state index in [9.17, 15) is 4.79 Å². The Labute approximate surface area is 140 Å². The van der Waals surface area contributed by atoms with Crippen molar-refractivity contribution >= 4 is 17.5 Å². The minimum Gasteiger partial charge on any atom is -0.338 e. The Morgan fingerprint density at radius 2 is 2.09 bits per heavy atom. The van der Waals surface area contributed by atoms with E-state index in [0.29, 0.717) is 16.9 Å². The number of carbonyl (C=O) groups is 1. The van der Waals surface area contributed by atoms with Gasteiger partial charge in [-0.05, 0) is 55.2 Å². The number of rotatable bonds is 4. The molecule has 0 aliphatic carbocycles. The molecule has 0 spiro atoms. The van der Waals surface area contributed by atoms with Crippen molar-refractivity contribution in [1.29, 1.82) is 0 Å².